The van der Waals surface area contributed by atoms with Gasteiger partial charge in [-0.05, 0) is 67.3 Å². The molecule has 2 aromatic rings. The zero-order valence-electron chi connectivity index (χ0n) is 15.8. The minimum Gasteiger partial charge on any atom is -0.496 e. The molecule has 0 unspecified atom stereocenters. The Hall–Kier alpha value is -2.54. The first kappa shape index (κ1) is 19.2. The number of anilines is 2. The number of fused-ring (bicyclic) bond motifs is 1. The number of rotatable bonds is 5. The minimum absolute atomic E-state index is 0.0815. The molecule has 1 aliphatic rings. The van der Waals surface area contributed by atoms with Crippen LogP contribution in [-0.4, -0.2) is 28.0 Å². The number of benzene rings is 2. The van der Waals surface area contributed by atoms with Crippen LogP contribution in [0.5, 0.6) is 5.75 Å². The quantitative estimate of drug-likeness (QED) is 0.851. The van der Waals surface area contributed by atoms with E-state index in [-0.39, 0.29) is 10.8 Å². The van der Waals surface area contributed by atoms with Gasteiger partial charge in [0.25, 0.3) is 10.0 Å². The van der Waals surface area contributed by atoms with E-state index in [4.69, 9.17) is 4.74 Å². The van der Waals surface area contributed by atoms with E-state index in [0.717, 1.165) is 29.7 Å². The average Bonchev–Trinajstić information content (AvgIpc) is 2.66. The standard InChI is InChI=1S/C20H24N2O4S/c1-4-20(23)22-11-5-6-15-13-16(7-9-18(15)22)21-27(24,25)17-8-10-19(26-3)14(2)12-17/h7-10,12-13,21H,4-6,11H2,1-3H3. The van der Waals surface area contributed by atoms with Crippen LogP contribution in [-0.2, 0) is 21.2 Å². The molecule has 1 amide bonds. The molecular weight excluding hydrogens is 364 g/mol. The number of methoxy groups -OCH3 is 1. The second kappa shape index (κ2) is 7.60. The minimum atomic E-state index is -3.71. The maximum Gasteiger partial charge on any atom is 0.261 e. The summed E-state index contributed by atoms with van der Waals surface area (Å²) < 4.78 is 33.3. The van der Waals surface area contributed by atoms with Crippen molar-refractivity contribution in [3.05, 3.63) is 47.5 Å². The molecule has 2 aromatic carbocycles. The highest BCUT2D eigenvalue weighted by atomic mass is 32.2. The number of ether oxygens (including phenoxy) is 1. The molecule has 0 fully saturated rings. The lowest BCUT2D eigenvalue weighted by atomic mass is 10.0. The third-order valence-corrected chi connectivity index (χ3v) is 6.11. The van der Waals surface area contributed by atoms with Gasteiger partial charge in [-0.3, -0.25) is 9.52 Å². The van der Waals surface area contributed by atoms with Crippen molar-refractivity contribution in [2.24, 2.45) is 0 Å². The topological polar surface area (TPSA) is 75.7 Å². The number of nitrogens with zero attached hydrogens (tertiary/aromatic N) is 1. The average molecular weight is 388 g/mol. The lowest BCUT2D eigenvalue weighted by Crippen LogP contribution is -2.34. The van der Waals surface area contributed by atoms with Crippen LogP contribution in [0, 0.1) is 6.92 Å². The van der Waals surface area contributed by atoms with E-state index in [1.54, 1.807) is 37.1 Å². The molecule has 144 valence electrons. The fourth-order valence-electron chi connectivity index (χ4n) is 3.34. The SMILES string of the molecule is CCC(=O)N1CCCc2cc(NS(=O)(=O)c3ccc(OC)c(C)c3)ccc21. The molecule has 0 spiro atoms. The predicted molar refractivity (Wildman–Crippen MR) is 106 cm³/mol. The van der Waals surface area contributed by atoms with Gasteiger partial charge in [0.05, 0.1) is 12.0 Å². The van der Waals surface area contributed by atoms with Crippen LogP contribution in [0.1, 0.15) is 30.9 Å². The first-order chi connectivity index (χ1) is 12.9. The van der Waals surface area contributed by atoms with Crippen LogP contribution in [0.25, 0.3) is 0 Å². The van der Waals surface area contributed by atoms with Crippen molar-refractivity contribution in [1.29, 1.82) is 0 Å². The number of aryl methyl sites for hydroxylation is 2. The molecule has 0 saturated heterocycles. The molecule has 1 aliphatic heterocycles. The summed E-state index contributed by atoms with van der Waals surface area (Å²) in [4.78, 5) is 14.1. The van der Waals surface area contributed by atoms with Gasteiger partial charge in [-0.1, -0.05) is 6.92 Å². The Kier molecular flexibility index (Phi) is 5.41. The van der Waals surface area contributed by atoms with Crippen LogP contribution in [0.2, 0.25) is 0 Å². The van der Waals surface area contributed by atoms with E-state index < -0.39 is 10.0 Å². The monoisotopic (exact) mass is 388 g/mol. The molecule has 0 atom stereocenters. The van der Waals surface area contributed by atoms with Gasteiger partial charge >= 0.3 is 0 Å². The molecule has 6 nitrogen and oxygen atoms in total. The molecule has 0 saturated carbocycles. The number of carbonyl (C=O) groups excluding carboxylic acids is 1. The van der Waals surface area contributed by atoms with Crippen molar-refractivity contribution in [3.8, 4) is 5.75 Å². The highest BCUT2D eigenvalue weighted by molar-refractivity contribution is 7.92. The normalized spacial score (nSPS) is 13.8. The summed E-state index contributed by atoms with van der Waals surface area (Å²) in [7, 11) is -2.16. The van der Waals surface area contributed by atoms with Crippen LogP contribution < -0.4 is 14.4 Å². The van der Waals surface area contributed by atoms with E-state index in [0.29, 0.717) is 24.4 Å². The van der Waals surface area contributed by atoms with Crippen molar-refractivity contribution in [3.63, 3.8) is 0 Å². The summed E-state index contributed by atoms with van der Waals surface area (Å²) in [6, 6.07) is 10.1. The van der Waals surface area contributed by atoms with Gasteiger partial charge in [-0.15, -0.1) is 0 Å². The molecule has 7 heteroatoms. The van der Waals surface area contributed by atoms with Gasteiger partial charge in [-0.2, -0.15) is 0 Å². The first-order valence-corrected chi connectivity index (χ1v) is 10.4. The van der Waals surface area contributed by atoms with Gasteiger partial charge in [0.15, 0.2) is 0 Å². The summed E-state index contributed by atoms with van der Waals surface area (Å²) in [6.07, 6.45) is 2.14. The van der Waals surface area contributed by atoms with Crippen LogP contribution in [0.4, 0.5) is 11.4 Å². The molecule has 0 bridgehead atoms. The Labute approximate surface area is 160 Å². The first-order valence-electron chi connectivity index (χ1n) is 8.96. The largest absolute Gasteiger partial charge is 0.496 e. The lowest BCUT2D eigenvalue weighted by Gasteiger charge is -2.29. The van der Waals surface area contributed by atoms with Crippen molar-refractivity contribution in [2.75, 3.05) is 23.3 Å². The second-order valence-corrected chi connectivity index (χ2v) is 8.27. The number of carbonyl (C=O) groups is 1. The number of hydrogen-bond donors (Lipinski definition) is 1. The zero-order valence-corrected chi connectivity index (χ0v) is 16.6. The maximum absolute atomic E-state index is 12.7. The fraction of sp³-hybridized carbons (Fsp3) is 0.350. The van der Waals surface area contributed by atoms with E-state index in [1.165, 1.54) is 6.07 Å². The van der Waals surface area contributed by atoms with E-state index in [9.17, 15) is 13.2 Å². The fourth-order valence-corrected chi connectivity index (χ4v) is 4.48. The lowest BCUT2D eigenvalue weighted by molar-refractivity contribution is -0.118. The highest BCUT2D eigenvalue weighted by Crippen LogP contribution is 2.31. The zero-order chi connectivity index (χ0) is 19.6. The molecular formula is C20H24N2O4S. The summed E-state index contributed by atoms with van der Waals surface area (Å²) in [5, 5.41) is 0. The summed E-state index contributed by atoms with van der Waals surface area (Å²) >= 11 is 0. The Morgan fingerprint density at radius 3 is 2.67 bits per heavy atom. The molecule has 0 aliphatic carbocycles. The van der Waals surface area contributed by atoms with Gasteiger partial charge in [0.2, 0.25) is 5.91 Å². The third-order valence-electron chi connectivity index (χ3n) is 4.73. The van der Waals surface area contributed by atoms with Crippen LogP contribution in [0.3, 0.4) is 0 Å². The van der Waals surface area contributed by atoms with Gasteiger partial charge < -0.3 is 9.64 Å². The Balaban J connectivity index is 1.88. The van der Waals surface area contributed by atoms with Crippen LogP contribution in [0.15, 0.2) is 41.3 Å². The number of hydrogen-bond acceptors (Lipinski definition) is 4. The van der Waals surface area contributed by atoms with Crippen molar-refractivity contribution in [2.45, 2.75) is 38.0 Å². The molecule has 27 heavy (non-hydrogen) atoms. The van der Waals surface area contributed by atoms with Crippen molar-refractivity contribution < 1.29 is 17.9 Å². The summed E-state index contributed by atoms with van der Waals surface area (Å²) in [6.45, 7) is 4.35. The number of sulfonamides is 1. The van der Waals surface area contributed by atoms with Gasteiger partial charge in [0.1, 0.15) is 5.75 Å². The Bertz CT molecular complexity index is 970. The number of amides is 1. The smallest absolute Gasteiger partial charge is 0.261 e. The highest BCUT2D eigenvalue weighted by Gasteiger charge is 2.22. The maximum atomic E-state index is 12.7. The third kappa shape index (κ3) is 3.93. The Morgan fingerprint density at radius 2 is 2.00 bits per heavy atom. The van der Waals surface area contributed by atoms with E-state index >= 15 is 0 Å². The molecule has 3 rings (SSSR count). The molecule has 0 aromatic heterocycles. The molecule has 1 N–H and O–H groups in total. The molecule has 1 heterocycles. The van der Waals surface area contributed by atoms with Crippen molar-refractivity contribution >= 4 is 27.3 Å². The van der Waals surface area contributed by atoms with Gasteiger partial charge in [0, 0.05) is 24.3 Å². The van der Waals surface area contributed by atoms with Crippen molar-refractivity contribution in [1.82, 2.24) is 0 Å². The predicted octanol–water partition coefficient (Wildman–Crippen LogP) is 3.49. The summed E-state index contributed by atoms with van der Waals surface area (Å²) in [5.74, 6) is 0.724. The number of nitrogens with one attached hydrogen (secondary N) is 1. The Morgan fingerprint density at radius 1 is 1.22 bits per heavy atom. The second-order valence-electron chi connectivity index (χ2n) is 6.58. The van der Waals surface area contributed by atoms with E-state index in [2.05, 4.69) is 4.72 Å². The summed E-state index contributed by atoms with van der Waals surface area (Å²) in [5.41, 5.74) is 3.10. The van der Waals surface area contributed by atoms with Crippen LogP contribution >= 0.6 is 0 Å². The molecule has 0 radical (unpaired) electrons. The van der Waals surface area contributed by atoms with Gasteiger partial charge in [-0.25, -0.2) is 8.42 Å². The van der Waals surface area contributed by atoms with E-state index in [1.807, 2.05) is 19.1 Å².